The molecule has 0 amide bonds. The number of benzene rings is 2. The summed E-state index contributed by atoms with van der Waals surface area (Å²) in [6.07, 6.45) is 1.72. The second-order valence-corrected chi connectivity index (χ2v) is 8.66. The van der Waals surface area contributed by atoms with Crippen molar-refractivity contribution >= 4 is 10.0 Å². The van der Waals surface area contributed by atoms with Crippen LogP contribution in [0, 0.1) is 0 Å². The van der Waals surface area contributed by atoms with Gasteiger partial charge < -0.3 is 4.74 Å². The summed E-state index contributed by atoms with van der Waals surface area (Å²) in [6.45, 7) is 4.76. The second kappa shape index (κ2) is 7.18. The van der Waals surface area contributed by atoms with Gasteiger partial charge in [-0.05, 0) is 54.2 Å². The first kappa shape index (κ1) is 18.0. The largest absolute Gasteiger partial charge is 0.497 e. The van der Waals surface area contributed by atoms with E-state index in [0.29, 0.717) is 17.4 Å². The molecule has 0 spiro atoms. The quantitative estimate of drug-likeness (QED) is 0.797. The Labute approximate surface area is 150 Å². The second-order valence-electron chi connectivity index (χ2n) is 6.77. The van der Waals surface area contributed by atoms with Crippen molar-refractivity contribution in [3.63, 3.8) is 0 Å². The molecule has 5 heteroatoms. The lowest BCUT2D eigenvalue weighted by Crippen LogP contribution is -2.30. The smallest absolute Gasteiger partial charge is 0.243 e. The summed E-state index contributed by atoms with van der Waals surface area (Å²) in [6, 6.07) is 14.9. The predicted molar refractivity (Wildman–Crippen MR) is 99.4 cm³/mol. The molecule has 0 saturated carbocycles. The number of sulfonamides is 1. The van der Waals surface area contributed by atoms with Crippen molar-refractivity contribution < 1.29 is 13.2 Å². The molecule has 1 saturated heterocycles. The molecule has 0 aliphatic carbocycles. The van der Waals surface area contributed by atoms with Crippen LogP contribution >= 0.6 is 0 Å². The third kappa shape index (κ3) is 3.58. The van der Waals surface area contributed by atoms with Gasteiger partial charge in [0.1, 0.15) is 5.75 Å². The number of rotatable bonds is 5. The molecule has 25 heavy (non-hydrogen) atoms. The van der Waals surface area contributed by atoms with Crippen LogP contribution in [0.2, 0.25) is 0 Å². The van der Waals surface area contributed by atoms with Gasteiger partial charge >= 0.3 is 0 Å². The van der Waals surface area contributed by atoms with Crippen LogP contribution in [0.3, 0.4) is 0 Å². The van der Waals surface area contributed by atoms with E-state index in [1.165, 1.54) is 0 Å². The van der Waals surface area contributed by atoms with Gasteiger partial charge in [0.05, 0.1) is 18.0 Å². The van der Waals surface area contributed by atoms with E-state index in [-0.39, 0.29) is 6.04 Å². The fourth-order valence-electron chi connectivity index (χ4n) is 3.35. The lowest BCUT2D eigenvalue weighted by molar-refractivity contribution is 0.394. The van der Waals surface area contributed by atoms with E-state index in [1.807, 2.05) is 36.4 Å². The summed E-state index contributed by atoms with van der Waals surface area (Å²) in [7, 11) is -1.86. The van der Waals surface area contributed by atoms with E-state index < -0.39 is 10.0 Å². The van der Waals surface area contributed by atoms with E-state index in [2.05, 4.69) is 13.8 Å². The fraction of sp³-hybridized carbons (Fsp3) is 0.400. The Morgan fingerprint density at radius 2 is 1.68 bits per heavy atom. The third-order valence-corrected chi connectivity index (χ3v) is 6.78. The maximum absolute atomic E-state index is 13.1. The van der Waals surface area contributed by atoms with Gasteiger partial charge in [0.2, 0.25) is 10.0 Å². The molecule has 2 aromatic rings. The monoisotopic (exact) mass is 359 g/mol. The molecule has 1 heterocycles. The first-order valence-corrected chi connectivity index (χ1v) is 10.1. The lowest BCUT2D eigenvalue weighted by Gasteiger charge is -2.25. The average Bonchev–Trinajstić information content (AvgIpc) is 3.12. The van der Waals surface area contributed by atoms with Crippen LogP contribution in [0.5, 0.6) is 5.75 Å². The van der Waals surface area contributed by atoms with Crippen molar-refractivity contribution in [1.29, 1.82) is 0 Å². The highest BCUT2D eigenvalue weighted by atomic mass is 32.2. The molecule has 1 aliphatic heterocycles. The predicted octanol–water partition coefficient (Wildman–Crippen LogP) is 4.34. The van der Waals surface area contributed by atoms with Crippen molar-refractivity contribution in [2.24, 2.45) is 0 Å². The van der Waals surface area contributed by atoms with Crippen LogP contribution in [0.15, 0.2) is 53.4 Å². The van der Waals surface area contributed by atoms with Crippen molar-refractivity contribution in [2.75, 3.05) is 13.7 Å². The van der Waals surface area contributed by atoms with Gasteiger partial charge in [0.15, 0.2) is 0 Å². The van der Waals surface area contributed by atoms with Gasteiger partial charge in [-0.15, -0.1) is 0 Å². The summed E-state index contributed by atoms with van der Waals surface area (Å²) < 4.78 is 33.1. The van der Waals surface area contributed by atoms with Crippen molar-refractivity contribution in [1.82, 2.24) is 4.31 Å². The summed E-state index contributed by atoms with van der Waals surface area (Å²) in [5.74, 6) is 1.16. The van der Waals surface area contributed by atoms with Gasteiger partial charge in [0.25, 0.3) is 0 Å². The van der Waals surface area contributed by atoms with Gasteiger partial charge in [0, 0.05) is 6.54 Å². The van der Waals surface area contributed by atoms with E-state index in [1.54, 1.807) is 23.5 Å². The zero-order valence-corrected chi connectivity index (χ0v) is 15.8. The SMILES string of the molecule is COc1ccc([C@@H]2CCCN2S(=O)(=O)c2ccc(C(C)C)cc2)cc1. The molecule has 0 aromatic heterocycles. The maximum Gasteiger partial charge on any atom is 0.243 e. The molecule has 1 atom stereocenters. The standard InChI is InChI=1S/C20H25NO3S/c1-15(2)16-8-12-19(13-9-16)25(22,23)21-14-4-5-20(21)17-6-10-18(24-3)11-7-17/h6-13,15,20H,4-5,14H2,1-3H3/t20-/m0/s1. The van der Waals surface area contributed by atoms with Gasteiger partial charge in [-0.2, -0.15) is 4.31 Å². The van der Waals surface area contributed by atoms with E-state index in [4.69, 9.17) is 4.74 Å². The molecule has 1 aliphatic rings. The van der Waals surface area contributed by atoms with E-state index in [0.717, 1.165) is 29.7 Å². The summed E-state index contributed by atoms with van der Waals surface area (Å²) in [4.78, 5) is 0.373. The van der Waals surface area contributed by atoms with E-state index in [9.17, 15) is 8.42 Å². The first-order chi connectivity index (χ1) is 11.9. The minimum absolute atomic E-state index is 0.110. The maximum atomic E-state index is 13.1. The number of hydrogen-bond donors (Lipinski definition) is 0. The highest BCUT2D eigenvalue weighted by molar-refractivity contribution is 7.89. The summed E-state index contributed by atoms with van der Waals surface area (Å²) in [5, 5.41) is 0. The molecular formula is C20H25NO3S. The molecule has 2 aromatic carbocycles. The number of methoxy groups -OCH3 is 1. The van der Waals surface area contributed by atoms with Crippen molar-refractivity contribution in [3.8, 4) is 5.75 Å². The first-order valence-electron chi connectivity index (χ1n) is 8.69. The molecule has 134 valence electrons. The van der Waals surface area contributed by atoms with Gasteiger partial charge in [-0.25, -0.2) is 8.42 Å². The van der Waals surface area contributed by atoms with Crippen LogP contribution < -0.4 is 4.74 Å². The topological polar surface area (TPSA) is 46.6 Å². The molecule has 0 bridgehead atoms. The Kier molecular flexibility index (Phi) is 5.16. The van der Waals surface area contributed by atoms with Gasteiger partial charge in [-0.3, -0.25) is 0 Å². The van der Waals surface area contributed by atoms with Crippen LogP contribution in [-0.4, -0.2) is 26.4 Å². The highest BCUT2D eigenvalue weighted by Crippen LogP contribution is 2.37. The Hall–Kier alpha value is -1.85. The normalized spacial score (nSPS) is 18.6. The molecule has 1 fully saturated rings. The molecule has 0 N–H and O–H groups in total. The number of ether oxygens (including phenoxy) is 1. The average molecular weight is 359 g/mol. The number of hydrogen-bond acceptors (Lipinski definition) is 3. The lowest BCUT2D eigenvalue weighted by atomic mass is 10.0. The molecule has 0 radical (unpaired) electrons. The van der Waals surface area contributed by atoms with Gasteiger partial charge in [-0.1, -0.05) is 38.1 Å². The summed E-state index contributed by atoms with van der Waals surface area (Å²) >= 11 is 0. The Bertz CT molecular complexity index is 811. The Balaban J connectivity index is 1.89. The molecular weight excluding hydrogens is 334 g/mol. The van der Waals surface area contributed by atoms with Crippen molar-refractivity contribution in [2.45, 2.75) is 43.5 Å². The Morgan fingerprint density at radius 1 is 1.04 bits per heavy atom. The van der Waals surface area contributed by atoms with E-state index >= 15 is 0 Å². The number of nitrogens with zero attached hydrogens (tertiary/aromatic N) is 1. The van der Waals surface area contributed by atoms with Crippen LogP contribution in [-0.2, 0) is 10.0 Å². The fourth-order valence-corrected chi connectivity index (χ4v) is 5.03. The molecule has 4 nitrogen and oxygen atoms in total. The Morgan fingerprint density at radius 3 is 2.24 bits per heavy atom. The van der Waals surface area contributed by atoms with Crippen LogP contribution in [0.25, 0.3) is 0 Å². The van der Waals surface area contributed by atoms with Crippen LogP contribution in [0.4, 0.5) is 0 Å². The highest BCUT2D eigenvalue weighted by Gasteiger charge is 2.36. The minimum Gasteiger partial charge on any atom is -0.497 e. The zero-order valence-electron chi connectivity index (χ0n) is 15.0. The molecule has 0 unspecified atom stereocenters. The zero-order chi connectivity index (χ0) is 18.0. The summed E-state index contributed by atoms with van der Waals surface area (Å²) in [5.41, 5.74) is 2.16. The molecule has 3 rings (SSSR count). The third-order valence-electron chi connectivity index (χ3n) is 4.86. The van der Waals surface area contributed by atoms with Crippen molar-refractivity contribution in [3.05, 3.63) is 59.7 Å². The van der Waals surface area contributed by atoms with Crippen LogP contribution in [0.1, 0.15) is 49.8 Å². The minimum atomic E-state index is -3.49.